The van der Waals surface area contributed by atoms with Crippen LogP contribution >= 0.6 is 15.9 Å². The van der Waals surface area contributed by atoms with Gasteiger partial charge in [0.15, 0.2) is 0 Å². The molecule has 1 unspecified atom stereocenters. The Kier molecular flexibility index (Phi) is 4.06. The summed E-state index contributed by atoms with van der Waals surface area (Å²) in [6.45, 7) is 0. The van der Waals surface area contributed by atoms with Crippen LogP contribution < -0.4 is 16.2 Å². The van der Waals surface area contributed by atoms with Gasteiger partial charge in [-0.3, -0.25) is 5.84 Å². The van der Waals surface area contributed by atoms with Crippen molar-refractivity contribution >= 4 is 21.6 Å². The maximum absolute atomic E-state index is 5.62. The monoisotopic (exact) mass is 309 g/mol. The highest BCUT2D eigenvalue weighted by atomic mass is 79.9. The molecule has 0 aliphatic rings. The van der Waals surface area contributed by atoms with Crippen LogP contribution in [0.1, 0.15) is 17.4 Å². The van der Waals surface area contributed by atoms with E-state index in [2.05, 4.69) is 38.4 Å². The minimum Gasteiger partial charge on any atom is -0.466 e. The molecule has 0 saturated carbocycles. The normalized spacial score (nSPS) is 12.4. The zero-order chi connectivity index (χ0) is 13.1. The Morgan fingerprint density at radius 2 is 1.89 bits per heavy atom. The van der Waals surface area contributed by atoms with Gasteiger partial charge in [-0.1, -0.05) is 12.1 Å². The third-order valence-corrected chi connectivity index (χ3v) is 3.47. The molecule has 18 heavy (non-hydrogen) atoms. The molecule has 4 nitrogen and oxygen atoms in total. The molecule has 0 bridgehead atoms. The molecular weight excluding hydrogens is 294 g/mol. The van der Waals surface area contributed by atoms with Crippen molar-refractivity contribution in [2.75, 3.05) is 19.0 Å². The molecule has 1 heterocycles. The van der Waals surface area contributed by atoms with Crippen LogP contribution in [0.2, 0.25) is 0 Å². The van der Waals surface area contributed by atoms with Gasteiger partial charge in [-0.2, -0.15) is 0 Å². The van der Waals surface area contributed by atoms with Gasteiger partial charge in [-0.05, 0) is 39.7 Å². The largest absolute Gasteiger partial charge is 0.466 e. The van der Waals surface area contributed by atoms with E-state index in [0.717, 1.165) is 21.5 Å². The van der Waals surface area contributed by atoms with E-state index < -0.39 is 0 Å². The molecule has 1 aromatic carbocycles. The fourth-order valence-electron chi connectivity index (χ4n) is 1.80. The molecule has 1 aromatic heterocycles. The average molecular weight is 310 g/mol. The lowest BCUT2D eigenvalue weighted by atomic mass is 10.0. The first-order chi connectivity index (χ1) is 8.63. The lowest BCUT2D eigenvalue weighted by Crippen LogP contribution is -2.28. The highest BCUT2D eigenvalue weighted by Gasteiger charge is 2.18. The Labute approximate surface area is 115 Å². The highest BCUT2D eigenvalue weighted by molar-refractivity contribution is 9.10. The quantitative estimate of drug-likeness (QED) is 0.673. The van der Waals surface area contributed by atoms with Gasteiger partial charge in [0.1, 0.15) is 11.8 Å². The van der Waals surface area contributed by atoms with Gasteiger partial charge in [0.2, 0.25) is 0 Å². The Morgan fingerprint density at radius 3 is 2.33 bits per heavy atom. The molecule has 5 heteroatoms. The van der Waals surface area contributed by atoms with Crippen molar-refractivity contribution in [1.29, 1.82) is 0 Å². The fraction of sp³-hybridized carbons (Fsp3) is 0.231. The summed E-state index contributed by atoms with van der Waals surface area (Å²) in [5.74, 6) is 6.39. The standard InChI is InChI=1S/C13H16BrN3O/c1-17(2)10-5-3-9(4-6-10)12(16-15)13-11(14)7-8-18-13/h3-8,12,16H,15H2,1-2H3. The Balaban J connectivity index is 2.31. The van der Waals surface area contributed by atoms with E-state index in [1.165, 1.54) is 0 Å². The second-order valence-electron chi connectivity index (χ2n) is 4.22. The SMILES string of the molecule is CN(C)c1ccc(C(NN)c2occc2Br)cc1. The molecule has 0 amide bonds. The van der Waals surface area contributed by atoms with Crippen LogP contribution in [-0.4, -0.2) is 14.1 Å². The van der Waals surface area contributed by atoms with Crippen LogP contribution in [0.15, 0.2) is 45.5 Å². The third-order valence-electron chi connectivity index (χ3n) is 2.82. The van der Waals surface area contributed by atoms with Gasteiger partial charge in [-0.25, -0.2) is 5.43 Å². The summed E-state index contributed by atoms with van der Waals surface area (Å²) in [5, 5.41) is 0. The zero-order valence-corrected chi connectivity index (χ0v) is 11.9. The van der Waals surface area contributed by atoms with Gasteiger partial charge in [0, 0.05) is 19.8 Å². The topological polar surface area (TPSA) is 54.4 Å². The number of anilines is 1. The minimum absolute atomic E-state index is 0.161. The molecule has 2 rings (SSSR count). The summed E-state index contributed by atoms with van der Waals surface area (Å²) in [6, 6.07) is 9.87. The van der Waals surface area contributed by atoms with Crippen LogP contribution in [-0.2, 0) is 0 Å². The summed E-state index contributed by atoms with van der Waals surface area (Å²) in [6.07, 6.45) is 1.64. The zero-order valence-electron chi connectivity index (χ0n) is 10.4. The molecule has 3 N–H and O–H groups in total. The van der Waals surface area contributed by atoms with Crippen molar-refractivity contribution in [3.63, 3.8) is 0 Å². The summed E-state index contributed by atoms with van der Waals surface area (Å²) >= 11 is 3.45. The third kappa shape index (κ3) is 2.58. The number of nitrogens with two attached hydrogens (primary N) is 1. The van der Waals surface area contributed by atoms with E-state index in [-0.39, 0.29) is 6.04 Å². The molecule has 0 radical (unpaired) electrons. The first-order valence-corrected chi connectivity index (χ1v) is 6.39. The molecular formula is C13H16BrN3O. The number of nitrogens with one attached hydrogen (secondary N) is 1. The number of furan rings is 1. The van der Waals surface area contributed by atoms with E-state index in [4.69, 9.17) is 10.3 Å². The van der Waals surface area contributed by atoms with Crippen molar-refractivity contribution < 1.29 is 4.42 Å². The number of nitrogens with zero attached hydrogens (tertiary/aromatic N) is 1. The van der Waals surface area contributed by atoms with E-state index >= 15 is 0 Å². The number of halogens is 1. The second kappa shape index (κ2) is 5.56. The Hall–Kier alpha value is -1.30. The predicted octanol–water partition coefficient (Wildman–Crippen LogP) is 2.66. The molecule has 0 aliphatic carbocycles. The van der Waals surface area contributed by atoms with E-state index in [9.17, 15) is 0 Å². The van der Waals surface area contributed by atoms with Crippen molar-refractivity contribution in [2.24, 2.45) is 5.84 Å². The molecule has 0 fully saturated rings. The fourth-order valence-corrected chi connectivity index (χ4v) is 2.23. The van der Waals surface area contributed by atoms with Crippen LogP contribution in [0.4, 0.5) is 5.69 Å². The molecule has 96 valence electrons. The van der Waals surface area contributed by atoms with Crippen molar-refractivity contribution in [3.8, 4) is 0 Å². The van der Waals surface area contributed by atoms with Crippen LogP contribution in [0.3, 0.4) is 0 Å². The summed E-state index contributed by atoms with van der Waals surface area (Å²) in [7, 11) is 4.02. The number of rotatable bonds is 4. The second-order valence-corrected chi connectivity index (χ2v) is 5.07. The molecule has 2 aromatic rings. The Bertz CT molecular complexity index is 507. The Morgan fingerprint density at radius 1 is 1.22 bits per heavy atom. The number of hydrogen-bond acceptors (Lipinski definition) is 4. The first kappa shape index (κ1) is 13.1. The molecule has 1 atom stereocenters. The van der Waals surface area contributed by atoms with Gasteiger partial charge in [0.25, 0.3) is 0 Å². The van der Waals surface area contributed by atoms with Crippen molar-refractivity contribution in [2.45, 2.75) is 6.04 Å². The maximum Gasteiger partial charge on any atom is 0.140 e. The van der Waals surface area contributed by atoms with E-state index in [0.29, 0.717) is 0 Å². The molecule has 0 saturated heterocycles. The average Bonchev–Trinajstić information content (AvgIpc) is 2.78. The summed E-state index contributed by atoms with van der Waals surface area (Å²) < 4.78 is 6.35. The van der Waals surface area contributed by atoms with Crippen LogP contribution in [0, 0.1) is 0 Å². The van der Waals surface area contributed by atoms with Gasteiger partial charge in [-0.15, -0.1) is 0 Å². The van der Waals surface area contributed by atoms with Gasteiger partial charge < -0.3 is 9.32 Å². The van der Waals surface area contributed by atoms with Crippen LogP contribution in [0.5, 0.6) is 0 Å². The molecule has 0 aliphatic heterocycles. The van der Waals surface area contributed by atoms with Gasteiger partial charge >= 0.3 is 0 Å². The van der Waals surface area contributed by atoms with E-state index in [1.807, 2.05) is 32.3 Å². The summed E-state index contributed by atoms with van der Waals surface area (Å²) in [5.41, 5.74) is 4.97. The van der Waals surface area contributed by atoms with Crippen LogP contribution in [0.25, 0.3) is 0 Å². The first-order valence-electron chi connectivity index (χ1n) is 5.59. The molecule has 0 spiro atoms. The summed E-state index contributed by atoms with van der Waals surface area (Å²) in [4.78, 5) is 2.05. The highest BCUT2D eigenvalue weighted by Crippen LogP contribution is 2.29. The smallest absolute Gasteiger partial charge is 0.140 e. The minimum atomic E-state index is -0.161. The number of hydrogen-bond donors (Lipinski definition) is 2. The maximum atomic E-state index is 5.62. The van der Waals surface area contributed by atoms with E-state index in [1.54, 1.807) is 6.26 Å². The lowest BCUT2D eigenvalue weighted by molar-refractivity contribution is 0.450. The van der Waals surface area contributed by atoms with Crippen molar-refractivity contribution in [1.82, 2.24) is 5.43 Å². The predicted molar refractivity (Wildman–Crippen MR) is 76.3 cm³/mol. The van der Waals surface area contributed by atoms with Gasteiger partial charge in [0.05, 0.1) is 10.7 Å². The van der Waals surface area contributed by atoms with Crippen molar-refractivity contribution in [3.05, 3.63) is 52.4 Å². The number of benzene rings is 1. The lowest BCUT2D eigenvalue weighted by Gasteiger charge is -2.17. The number of hydrazine groups is 1.